The van der Waals surface area contributed by atoms with Crippen LogP contribution < -0.4 is 4.72 Å². The lowest BCUT2D eigenvalue weighted by molar-refractivity contribution is 0.587. The number of nitrogens with zero attached hydrogens (tertiary/aromatic N) is 1. The zero-order valence-electron chi connectivity index (χ0n) is 11.8. The van der Waals surface area contributed by atoms with E-state index in [0.717, 1.165) is 33.8 Å². The normalized spacial score (nSPS) is 11.9. The number of nitrogens with one attached hydrogen (secondary N) is 2. The van der Waals surface area contributed by atoms with Crippen LogP contribution in [-0.4, -0.2) is 24.9 Å². The van der Waals surface area contributed by atoms with Crippen molar-refractivity contribution in [1.82, 2.24) is 14.9 Å². The van der Waals surface area contributed by atoms with E-state index in [9.17, 15) is 8.42 Å². The Labute approximate surface area is 133 Å². The number of rotatable bonds is 4. The van der Waals surface area contributed by atoms with Crippen molar-refractivity contribution >= 4 is 32.5 Å². The molecule has 0 bridgehead atoms. The first-order valence-corrected chi connectivity index (χ1v) is 8.86. The molecule has 114 valence electrons. The molecule has 0 spiro atoms. The molecule has 3 aromatic rings. The van der Waals surface area contributed by atoms with Crippen LogP contribution in [-0.2, 0) is 16.6 Å². The van der Waals surface area contributed by atoms with E-state index in [1.165, 1.54) is 0 Å². The molecule has 1 aromatic heterocycles. The quantitative estimate of drug-likeness (QED) is 0.769. The van der Waals surface area contributed by atoms with Gasteiger partial charge in [-0.25, -0.2) is 13.1 Å². The van der Waals surface area contributed by atoms with Gasteiger partial charge < -0.3 is 0 Å². The van der Waals surface area contributed by atoms with Crippen molar-refractivity contribution in [1.29, 1.82) is 0 Å². The third kappa shape index (κ3) is 3.30. The molecule has 22 heavy (non-hydrogen) atoms. The molecule has 0 saturated carbocycles. The van der Waals surface area contributed by atoms with Gasteiger partial charge in [0.25, 0.3) is 0 Å². The SMILES string of the molecule is CS(=O)(=O)NCc1ccc(-c2cc(Cl)cc3[nH]ncc23)cc1. The number of H-pyrrole nitrogens is 1. The summed E-state index contributed by atoms with van der Waals surface area (Å²) in [5.74, 6) is 0. The smallest absolute Gasteiger partial charge is 0.209 e. The molecular formula is C15H14ClN3O2S. The second kappa shape index (κ2) is 5.72. The molecule has 0 fully saturated rings. The van der Waals surface area contributed by atoms with Crippen LogP contribution in [0.5, 0.6) is 0 Å². The summed E-state index contributed by atoms with van der Waals surface area (Å²) in [4.78, 5) is 0. The summed E-state index contributed by atoms with van der Waals surface area (Å²) in [5.41, 5.74) is 3.75. The average molecular weight is 336 g/mol. The Morgan fingerprint density at radius 2 is 1.95 bits per heavy atom. The van der Waals surface area contributed by atoms with Crippen LogP contribution in [0.15, 0.2) is 42.6 Å². The summed E-state index contributed by atoms with van der Waals surface area (Å²) in [5, 5.41) is 8.58. The van der Waals surface area contributed by atoms with Gasteiger partial charge in [-0.1, -0.05) is 35.9 Å². The molecule has 5 nitrogen and oxygen atoms in total. The van der Waals surface area contributed by atoms with Crippen LogP contribution in [0.3, 0.4) is 0 Å². The highest BCUT2D eigenvalue weighted by molar-refractivity contribution is 7.88. The average Bonchev–Trinajstić information content (AvgIpc) is 2.92. The van der Waals surface area contributed by atoms with E-state index in [1.807, 2.05) is 36.4 Å². The van der Waals surface area contributed by atoms with Crippen molar-refractivity contribution in [2.24, 2.45) is 0 Å². The molecule has 3 rings (SSSR count). The number of fused-ring (bicyclic) bond motifs is 1. The number of hydrogen-bond donors (Lipinski definition) is 2. The van der Waals surface area contributed by atoms with Gasteiger partial charge in [0.05, 0.1) is 18.0 Å². The minimum absolute atomic E-state index is 0.274. The minimum Gasteiger partial charge on any atom is -0.278 e. The number of aromatic amines is 1. The molecule has 0 saturated heterocycles. The van der Waals surface area contributed by atoms with Crippen molar-refractivity contribution in [3.8, 4) is 11.1 Å². The van der Waals surface area contributed by atoms with Crippen molar-refractivity contribution in [3.63, 3.8) is 0 Å². The maximum atomic E-state index is 11.1. The van der Waals surface area contributed by atoms with Crippen LogP contribution >= 0.6 is 11.6 Å². The van der Waals surface area contributed by atoms with Gasteiger partial charge in [0.1, 0.15) is 0 Å². The predicted molar refractivity (Wildman–Crippen MR) is 88.2 cm³/mol. The van der Waals surface area contributed by atoms with Gasteiger partial charge in [0, 0.05) is 17.0 Å². The Morgan fingerprint density at radius 3 is 2.64 bits per heavy atom. The highest BCUT2D eigenvalue weighted by atomic mass is 35.5. The summed E-state index contributed by atoms with van der Waals surface area (Å²) in [7, 11) is -3.19. The number of aromatic nitrogens is 2. The molecule has 0 radical (unpaired) electrons. The van der Waals surface area contributed by atoms with Gasteiger partial charge in [-0.15, -0.1) is 0 Å². The second-order valence-electron chi connectivity index (χ2n) is 5.07. The van der Waals surface area contributed by atoms with Crippen LogP contribution in [0.1, 0.15) is 5.56 Å². The van der Waals surface area contributed by atoms with Gasteiger partial charge in [-0.05, 0) is 28.8 Å². The van der Waals surface area contributed by atoms with Crippen molar-refractivity contribution in [2.45, 2.75) is 6.54 Å². The molecule has 0 aliphatic rings. The lowest BCUT2D eigenvalue weighted by atomic mass is 10.0. The summed E-state index contributed by atoms with van der Waals surface area (Å²) >= 11 is 6.14. The first-order chi connectivity index (χ1) is 10.4. The lowest BCUT2D eigenvalue weighted by Gasteiger charge is -2.07. The number of hydrogen-bond acceptors (Lipinski definition) is 3. The first-order valence-electron chi connectivity index (χ1n) is 6.59. The molecule has 1 heterocycles. The van der Waals surface area contributed by atoms with Crippen molar-refractivity contribution in [2.75, 3.05) is 6.26 Å². The molecule has 0 atom stereocenters. The third-order valence-electron chi connectivity index (χ3n) is 3.33. The minimum atomic E-state index is -3.19. The van der Waals surface area contributed by atoms with E-state index in [1.54, 1.807) is 6.20 Å². The fraction of sp³-hybridized carbons (Fsp3) is 0.133. The zero-order chi connectivity index (χ0) is 15.7. The monoisotopic (exact) mass is 335 g/mol. The van der Waals surface area contributed by atoms with Crippen LogP contribution in [0.4, 0.5) is 0 Å². The summed E-state index contributed by atoms with van der Waals surface area (Å²) < 4.78 is 24.7. The Morgan fingerprint density at radius 1 is 1.23 bits per heavy atom. The van der Waals surface area contributed by atoms with Crippen molar-refractivity contribution < 1.29 is 8.42 Å². The molecule has 2 N–H and O–H groups in total. The highest BCUT2D eigenvalue weighted by Gasteiger charge is 2.08. The molecule has 0 aliphatic carbocycles. The van der Waals surface area contributed by atoms with Crippen molar-refractivity contribution in [3.05, 3.63) is 53.2 Å². The molecule has 0 unspecified atom stereocenters. The fourth-order valence-corrected chi connectivity index (χ4v) is 2.92. The number of halogens is 1. The Balaban J connectivity index is 1.93. The van der Waals surface area contributed by atoms with Gasteiger partial charge >= 0.3 is 0 Å². The zero-order valence-corrected chi connectivity index (χ0v) is 13.4. The Kier molecular flexibility index (Phi) is 3.90. The number of sulfonamides is 1. The highest BCUT2D eigenvalue weighted by Crippen LogP contribution is 2.31. The van der Waals surface area contributed by atoms with E-state index in [2.05, 4.69) is 14.9 Å². The fourth-order valence-electron chi connectivity index (χ4n) is 2.27. The summed E-state index contributed by atoms with van der Waals surface area (Å²) in [6.45, 7) is 0.274. The van der Waals surface area contributed by atoms with Gasteiger partial charge in [-0.2, -0.15) is 5.10 Å². The third-order valence-corrected chi connectivity index (χ3v) is 4.21. The van der Waals surface area contributed by atoms with E-state index < -0.39 is 10.0 Å². The van der Waals surface area contributed by atoms with E-state index in [0.29, 0.717) is 5.02 Å². The molecular weight excluding hydrogens is 322 g/mol. The maximum absolute atomic E-state index is 11.1. The molecule has 7 heteroatoms. The molecule has 0 aliphatic heterocycles. The topological polar surface area (TPSA) is 74.8 Å². The van der Waals surface area contributed by atoms with Gasteiger partial charge in [-0.3, -0.25) is 5.10 Å². The second-order valence-corrected chi connectivity index (χ2v) is 7.34. The summed E-state index contributed by atoms with van der Waals surface area (Å²) in [6.07, 6.45) is 2.91. The molecule has 0 amide bonds. The Bertz CT molecular complexity index is 918. The van der Waals surface area contributed by atoms with Gasteiger partial charge in [0.2, 0.25) is 10.0 Å². The predicted octanol–water partition coefficient (Wildman–Crippen LogP) is 2.93. The number of benzene rings is 2. The largest absolute Gasteiger partial charge is 0.278 e. The van der Waals surface area contributed by atoms with Gasteiger partial charge in [0.15, 0.2) is 0 Å². The molecule has 2 aromatic carbocycles. The lowest BCUT2D eigenvalue weighted by Crippen LogP contribution is -2.21. The standard InChI is InChI=1S/C15H14ClN3O2S/c1-22(20,21)18-8-10-2-4-11(5-3-10)13-6-12(16)7-15-14(13)9-17-19-15/h2-7,9,18H,8H2,1H3,(H,17,19). The van der Waals surface area contributed by atoms with E-state index >= 15 is 0 Å². The van der Waals surface area contributed by atoms with E-state index in [-0.39, 0.29) is 6.54 Å². The maximum Gasteiger partial charge on any atom is 0.209 e. The van der Waals surface area contributed by atoms with Crippen LogP contribution in [0.2, 0.25) is 5.02 Å². The first kappa shape index (κ1) is 15.0. The van der Waals surface area contributed by atoms with Crippen LogP contribution in [0.25, 0.3) is 22.0 Å². The van der Waals surface area contributed by atoms with Crippen LogP contribution in [0, 0.1) is 0 Å². The Hall–Kier alpha value is -1.89. The van der Waals surface area contributed by atoms with E-state index in [4.69, 9.17) is 11.6 Å². The summed E-state index contributed by atoms with van der Waals surface area (Å²) in [6, 6.07) is 11.4.